The third-order valence-electron chi connectivity index (χ3n) is 4.57. The molecule has 0 aliphatic carbocycles. The molecule has 0 fully saturated rings. The summed E-state index contributed by atoms with van der Waals surface area (Å²) in [4.78, 5) is 17.1. The number of hydrogen-bond donors (Lipinski definition) is 0. The molecule has 4 heteroatoms. The van der Waals surface area contributed by atoms with E-state index in [0.717, 1.165) is 36.1 Å². The van der Waals surface area contributed by atoms with Crippen molar-refractivity contribution in [3.63, 3.8) is 0 Å². The summed E-state index contributed by atoms with van der Waals surface area (Å²) in [6.45, 7) is 1.29. The maximum atomic E-state index is 12.7. The van der Waals surface area contributed by atoms with Gasteiger partial charge in [0.25, 0.3) is 0 Å². The van der Waals surface area contributed by atoms with Gasteiger partial charge in [-0.2, -0.15) is 0 Å². The number of carbonyl (C=O) groups is 1. The molecule has 0 radical (unpaired) electrons. The van der Waals surface area contributed by atoms with E-state index in [9.17, 15) is 4.79 Å². The first-order valence-electron chi connectivity index (χ1n) is 8.01. The SMILES string of the molecule is CN=c1n(CC(=O)c2ccccc2)c2cccc3c2n1CCC3. The van der Waals surface area contributed by atoms with Gasteiger partial charge in [0, 0.05) is 19.2 Å². The van der Waals surface area contributed by atoms with Gasteiger partial charge in [0.05, 0.1) is 17.6 Å². The highest BCUT2D eigenvalue weighted by Crippen LogP contribution is 2.24. The van der Waals surface area contributed by atoms with E-state index >= 15 is 0 Å². The van der Waals surface area contributed by atoms with E-state index in [1.54, 1.807) is 7.05 Å². The molecule has 4 nitrogen and oxygen atoms in total. The Kier molecular flexibility index (Phi) is 3.37. The van der Waals surface area contributed by atoms with Crippen LogP contribution in [0.1, 0.15) is 22.3 Å². The smallest absolute Gasteiger partial charge is 0.206 e. The molecule has 2 aromatic carbocycles. The Morgan fingerprint density at radius 2 is 1.96 bits per heavy atom. The fourth-order valence-electron chi connectivity index (χ4n) is 3.56. The van der Waals surface area contributed by atoms with Crippen LogP contribution in [0.3, 0.4) is 0 Å². The second kappa shape index (κ2) is 5.54. The Balaban J connectivity index is 1.88. The molecule has 116 valence electrons. The van der Waals surface area contributed by atoms with E-state index in [1.165, 1.54) is 11.1 Å². The first-order chi connectivity index (χ1) is 11.3. The van der Waals surface area contributed by atoms with Gasteiger partial charge in [-0.25, -0.2) is 0 Å². The van der Waals surface area contributed by atoms with Crippen molar-refractivity contribution in [3.8, 4) is 0 Å². The summed E-state index contributed by atoms with van der Waals surface area (Å²) in [5.41, 5.74) is 5.32. The Bertz CT molecular complexity index is 948. The topological polar surface area (TPSA) is 39.3 Å². The minimum atomic E-state index is 0.115. The van der Waals surface area contributed by atoms with Crippen LogP contribution < -0.4 is 5.62 Å². The number of benzene rings is 2. The zero-order valence-corrected chi connectivity index (χ0v) is 13.2. The van der Waals surface area contributed by atoms with Crippen LogP contribution >= 0.6 is 0 Å². The van der Waals surface area contributed by atoms with Crippen LogP contribution in [-0.4, -0.2) is 22.0 Å². The van der Waals surface area contributed by atoms with Gasteiger partial charge in [-0.1, -0.05) is 42.5 Å². The zero-order valence-electron chi connectivity index (χ0n) is 13.2. The Labute approximate surface area is 134 Å². The molecule has 2 heterocycles. The van der Waals surface area contributed by atoms with Crippen LogP contribution in [0.25, 0.3) is 11.0 Å². The lowest BCUT2D eigenvalue weighted by Gasteiger charge is -2.13. The van der Waals surface area contributed by atoms with Gasteiger partial charge in [-0.15, -0.1) is 0 Å². The second-order valence-corrected chi connectivity index (χ2v) is 5.94. The number of ketones is 1. The normalized spacial score (nSPS) is 14.4. The lowest BCUT2D eigenvalue weighted by Crippen LogP contribution is -2.29. The maximum absolute atomic E-state index is 12.7. The largest absolute Gasteiger partial charge is 0.310 e. The molecule has 0 saturated heterocycles. The van der Waals surface area contributed by atoms with E-state index in [-0.39, 0.29) is 5.78 Å². The van der Waals surface area contributed by atoms with Crippen molar-refractivity contribution in [2.75, 3.05) is 7.05 Å². The Morgan fingerprint density at radius 1 is 1.13 bits per heavy atom. The molecule has 0 bridgehead atoms. The predicted molar refractivity (Wildman–Crippen MR) is 90.5 cm³/mol. The molecule has 0 atom stereocenters. The summed E-state index contributed by atoms with van der Waals surface area (Å²) < 4.78 is 4.31. The molecule has 23 heavy (non-hydrogen) atoms. The number of nitrogens with zero attached hydrogens (tertiary/aromatic N) is 3. The van der Waals surface area contributed by atoms with Crippen molar-refractivity contribution in [1.82, 2.24) is 9.13 Å². The minimum absolute atomic E-state index is 0.115. The summed E-state index contributed by atoms with van der Waals surface area (Å²) in [7, 11) is 1.80. The van der Waals surface area contributed by atoms with Crippen LogP contribution in [0.2, 0.25) is 0 Å². The fraction of sp³-hybridized carbons (Fsp3) is 0.263. The predicted octanol–water partition coefficient (Wildman–Crippen LogP) is 2.80. The van der Waals surface area contributed by atoms with Gasteiger partial charge < -0.3 is 9.13 Å². The molecule has 1 aromatic heterocycles. The van der Waals surface area contributed by atoms with Gasteiger partial charge in [-0.3, -0.25) is 9.79 Å². The van der Waals surface area contributed by atoms with E-state index < -0.39 is 0 Å². The van der Waals surface area contributed by atoms with Crippen LogP contribution in [-0.2, 0) is 19.5 Å². The highest BCUT2D eigenvalue weighted by molar-refractivity contribution is 5.96. The monoisotopic (exact) mass is 305 g/mol. The lowest BCUT2D eigenvalue weighted by molar-refractivity contribution is 0.0971. The van der Waals surface area contributed by atoms with Crippen LogP contribution in [0.15, 0.2) is 53.5 Å². The standard InChI is InChI=1S/C19H19N3O/c1-20-19-21-12-6-10-15-9-5-11-16(18(15)21)22(19)13-17(23)14-7-3-2-4-8-14/h2-5,7-9,11H,6,10,12-13H2,1H3. The molecular weight excluding hydrogens is 286 g/mol. The summed E-state index contributed by atoms with van der Waals surface area (Å²) in [5.74, 6) is 0.115. The minimum Gasteiger partial charge on any atom is -0.310 e. The number of rotatable bonds is 3. The average molecular weight is 305 g/mol. The molecule has 4 rings (SSSR count). The van der Waals surface area contributed by atoms with Gasteiger partial charge in [0.2, 0.25) is 5.62 Å². The third-order valence-corrected chi connectivity index (χ3v) is 4.57. The van der Waals surface area contributed by atoms with Gasteiger partial charge in [0.1, 0.15) is 0 Å². The summed E-state index contributed by atoms with van der Waals surface area (Å²) in [6, 6.07) is 15.8. The fourth-order valence-corrected chi connectivity index (χ4v) is 3.56. The Morgan fingerprint density at radius 3 is 2.74 bits per heavy atom. The zero-order chi connectivity index (χ0) is 15.8. The van der Waals surface area contributed by atoms with Gasteiger partial charge in [0.15, 0.2) is 5.78 Å². The van der Waals surface area contributed by atoms with Gasteiger partial charge >= 0.3 is 0 Å². The van der Waals surface area contributed by atoms with Crippen molar-refractivity contribution >= 4 is 16.8 Å². The van der Waals surface area contributed by atoms with E-state index in [1.807, 2.05) is 30.3 Å². The first-order valence-corrected chi connectivity index (χ1v) is 8.01. The van der Waals surface area contributed by atoms with Crippen molar-refractivity contribution in [1.29, 1.82) is 0 Å². The van der Waals surface area contributed by atoms with Crippen molar-refractivity contribution in [2.45, 2.75) is 25.9 Å². The molecule has 0 N–H and O–H groups in total. The molecule has 0 unspecified atom stereocenters. The maximum Gasteiger partial charge on any atom is 0.206 e. The molecule has 1 aliphatic heterocycles. The second-order valence-electron chi connectivity index (χ2n) is 5.94. The van der Waals surface area contributed by atoms with Crippen LogP contribution in [0, 0.1) is 0 Å². The molecule has 3 aromatic rings. The summed E-state index contributed by atoms with van der Waals surface area (Å²) >= 11 is 0. The molecule has 0 spiro atoms. The number of Topliss-reactive ketones (excluding diaryl/α,β-unsaturated/α-hetero) is 1. The van der Waals surface area contributed by atoms with E-state index in [2.05, 4.69) is 32.3 Å². The van der Waals surface area contributed by atoms with Gasteiger partial charge in [-0.05, 0) is 24.5 Å². The highest BCUT2D eigenvalue weighted by Gasteiger charge is 2.19. The number of imidazole rings is 1. The van der Waals surface area contributed by atoms with E-state index in [4.69, 9.17) is 0 Å². The van der Waals surface area contributed by atoms with Crippen molar-refractivity contribution < 1.29 is 4.79 Å². The van der Waals surface area contributed by atoms with Crippen molar-refractivity contribution in [2.24, 2.45) is 4.99 Å². The quantitative estimate of drug-likeness (QED) is 0.686. The third kappa shape index (κ3) is 2.22. The number of hydrogen-bond acceptors (Lipinski definition) is 2. The number of para-hydroxylation sites is 1. The van der Waals surface area contributed by atoms with Crippen molar-refractivity contribution in [3.05, 3.63) is 65.3 Å². The van der Waals surface area contributed by atoms with E-state index in [0.29, 0.717) is 6.54 Å². The molecular formula is C19H19N3O. The highest BCUT2D eigenvalue weighted by atomic mass is 16.1. The first kappa shape index (κ1) is 14.0. The summed E-state index contributed by atoms with van der Waals surface area (Å²) in [6.07, 6.45) is 2.22. The van der Waals surface area contributed by atoms with Crippen LogP contribution in [0.5, 0.6) is 0 Å². The molecule has 0 amide bonds. The number of carbonyl (C=O) groups excluding carboxylic acids is 1. The molecule has 0 saturated carbocycles. The van der Waals surface area contributed by atoms with Crippen LogP contribution in [0.4, 0.5) is 0 Å². The number of aromatic nitrogens is 2. The number of aryl methyl sites for hydroxylation is 2. The summed E-state index contributed by atoms with van der Waals surface area (Å²) in [5, 5.41) is 0. The average Bonchev–Trinajstić information content (AvgIpc) is 2.91. The lowest BCUT2D eigenvalue weighted by atomic mass is 10.0. The molecule has 1 aliphatic rings. The Hall–Kier alpha value is -2.62.